The van der Waals surface area contributed by atoms with Crippen molar-refractivity contribution in [1.29, 1.82) is 0 Å². The third-order valence-corrected chi connectivity index (χ3v) is 1.22. The summed E-state index contributed by atoms with van der Waals surface area (Å²) in [6, 6.07) is 1.75. The Bertz CT molecular complexity index is 317. The Labute approximate surface area is 62.9 Å². The molecule has 0 bridgehead atoms. The molecule has 0 fully saturated rings. The van der Waals surface area contributed by atoms with Gasteiger partial charge in [-0.2, -0.15) is 0 Å². The van der Waals surface area contributed by atoms with Gasteiger partial charge in [0.2, 0.25) is 0 Å². The van der Waals surface area contributed by atoms with Crippen molar-refractivity contribution in [2.24, 2.45) is 0 Å². The average molecular weight is 147 g/mol. The van der Waals surface area contributed by atoms with Gasteiger partial charge in [0.25, 0.3) is 0 Å². The summed E-state index contributed by atoms with van der Waals surface area (Å²) in [4.78, 5) is 11.7. The van der Waals surface area contributed by atoms with Gasteiger partial charge >= 0.3 is 0 Å². The van der Waals surface area contributed by atoms with Crippen molar-refractivity contribution in [3.8, 4) is 11.6 Å². The van der Waals surface area contributed by atoms with Gasteiger partial charge in [0.1, 0.15) is 0 Å². The second kappa shape index (κ2) is 2.49. The number of hydrogen-bond donors (Lipinski definition) is 0. The van der Waals surface area contributed by atoms with E-state index in [2.05, 4.69) is 15.0 Å². The minimum atomic E-state index is 0.560. The lowest BCUT2D eigenvalue weighted by Gasteiger charge is -1.89. The van der Waals surface area contributed by atoms with Gasteiger partial charge in [0.05, 0.1) is 6.20 Å². The van der Waals surface area contributed by atoms with Gasteiger partial charge in [-0.3, -0.25) is 0 Å². The van der Waals surface area contributed by atoms with Crippen LogP contribution in [-0.4, -0.2) is 15.0 Å². The molecule has 0 aliphatic carbocycles. The molecular formula is C7H5N3O. The van der Waals surface area contributed by atoms with E-state index in [1.807, 2.05) is 0 Å². The highest BCUT2D eigenvalue weighted by molar-refractivity contribution is 5.42. The molecule has 4 heteroatoms. The summed E-state index contributed by atoms with van der Waals surface area (Å²) < 4.78 is 4.98. The van der Waals surface area contributed by atoms with E-state index in [1.54, 1.807) is 24.7 Å². The second-order valence-corrected chi connectivity index (χ2v) is 1.94. The number of aromatic nitrogens is 3. The van der Waals surface area contributed by atoms with Crippen molar-refractivity contribution in [1.82, 2.24) is 15.0 Å². The molecule has 0 amide bonds. The molecule has 0 radical (unpaired) electrons. The largest absolute Gasteiger partial charge is 0.440 e. The molecule has 11 heavy (non-hydrogen) atoms. The van der Waals surface area contributed by atoms with Crippen molar-refractivity contribution < 1.29 is 4.42 Å². The summed E-state index contributed by atoms with van der Waals surface area (Å²) in [5, 5.41) is 0. The van der Waals surface area contributed by atoms with Crippen molar-refractivity contribution in [2.75, 3.05) is 0 Å². The monoisotopic (exact) mass is 147 g/mol. The highest BCUT2D eigenvalue weighted by Crippen LogP contribution is 2.10. The first-order valence-corrected chi connectivity index (χ1v) is 3.13. The Morgan fingerprint density at radius 2 is 2.00 bits per heavy atom. The summed E-state index contributed by atoms with van der Waals surface area (Å²) in [6.45, 7) is 0. The smallest absolute Gasteiger partial charge is 0.197 e. The van der Waals surface area contributed by atoms with Gasteiger partial charge in [-0.15, -0.1) is 0 Å². The predicted octanol–water partition coefficient (Wildman–Crippen LogP) is 1.13. The molecule has 0 saturated heterocycles. The maximum absolute atomic E-state index is 4.98. The van der Waals surface area contributed by atoms with Crippen LogP contribution in [0.3, 0.4) is 0 Å². The molecule has 0 spiro atoms. The quantitative estimate of drug-likeness (QED) is 0.606. The minimum Gasteiger partial charge on any atom is -0.440 e. The van der Waals surface area contributed by atoms with Crippen molar-refractivity contribution in [3.63, 3.8) is 0 Å². The fourth-order valence-corrected chi connectivity index (χ4v) is 0.753. The van der Waals surface area contributed by atoms with Gasteiger partial charge in [0.15, 0.2) is 18.0 Å². The molecule has 0 atom stereocenters. The molecule has 0 N–H and O–H groups in total. The Kier molecular flexibility index (Phi) is 1.37. The minimum absolute atomic E-state index is 0.560. The van der Waals surface area contributed by atoms with Crippen LogP contribution in [0.2, 0.25) is 0 Å². The third kappa shape index (κ3) is 1.10. The molecule has 54 valence electrons. The molecule has 0 unspecified atom stereocenters. The SMILES string of the molecule is c1cnc(-c2cnco2)nc1. The van der Waals surface area contributed by atoms with E-state index in [1.165, 1.54) is 6.39 Å². The Morgan fingerprint density at radius 1 is 1.18 bits per heavy atom. The van der Waals surface area contributed by atoms with E-state index in [9.17, 15) is 0 Å². The second-order valence-electron chi connectivity index (χ2n) is 1.94. The molecule has 0 saturated carbocycles. The van der Waals surface area contributed by atoms with Gasteiger partial charge in [-0.05, 0) is 6.07 Å². The molecular weight excluding hydrogens is 142 g/mol. The summed E-state index contributed by atoms with van der Waals surface area (Å²) in [5.74, 6) is 1.15. The highest BCUT2D eigenvalue weighted by Gasteiger charge is 2.00. The van der Waals surface area contributed by atoms with E-state index in [0.717, 1.165) is 0 Å². The molecule has 0 aliphatic rings. The van der Waals surface area contributed by atoms with E-state index in [0.29, 0.717) is 11.6 Å². The maximum atomic E-state index is 4.98. The summed E-state index contributed by atoms with van der Waals surface area (Å²) in [5.41, 5.74) is 0. The normalized spacial score (nSPS) is 9.82. The zero-order valence-corrected chi connectivity index (χ0v) is 5.64. The summed E-state index contributed by atoms with van der Waals surface area (Å²) in [7, 11) is 0. The lowest BCUT2D eigenvalue weighted by Crippen LogP contribution is -1.83. The Morgan fingerprint density at radius 3 is 2.64 bits per heavy atom. The summed E-state index contributed by atoms with van der Waals surface area (Å²) in [6.07, 6.45) is 6.25. The number of nitrogens with zero attached hydrogens (tertiary/aromatic N) is 3. The molecule has 2 rings (SSSR count). The molecule has 2 heterocycles. The first kappa shape index (κ1) is 6.03. The van der Waals surface area contributed by atoms with Gasteiger partial charge in [0, 0.05) is 12.4 Å². The standard InChI is InChI=1S/C7H5N3O/c1-2-9-7(10-3-1)6-4-8-5-11-6/h1-5H. The van der Waals surface area contributed by atoms with Gasteiger partial charge < -0.3 is 4.42 Å². The van der Waals surface area contributed by atoms with E-state index < -0.39 is 0 Å². The molecule has 2 aromatic rings. The van der Waals surface area contributed by atoms with Gasteiger partial charge in [-0.25, -0.2) is 15.0 Å². The van der Waals surface area contributed by atoms with Crippen LogP contribution in [-0.2, 0) is 0 Å². The first-order valence-electron chi connectivity index (χ1n) is 3.13. The zero-order chi connectivity index (χ0) is 7.52. The first-order chi connectivity index (χ1) is 5.47. The molecule has 4 nitrogen and oxygen atoms in total. The van der Waals surface area contributed by atoms with Crippen LogP contribution >= 0.6 is 0 Å². The maximum Gasteiger partial charge on any atom is 0.197 e. The third-order valence-electron chi connectivity index (χ3n) is 1.22. The van der Waals surface area contributed by atoms with Crippen LogP contribution in [0.4, 0.5) is 0 Å². The van der Waals surface area contributed by atoms with Crippen molar-refractivity contribution in [2.45, 2.75) is 0 Å². The lowest BCUT2D eigenvalue weighted by molar-refractivity contribution is 0.567. The van der Waals surface area contributed by atoms with Crippen LogP contribution in [0.25, 0.3) is 11.6 Å². The van der Waals surface area contributed by atoms with Crippen LogP contribution < -0.4 is 0 Å². The lowest BCUT2D eigenvalue weighted by atomic mass is 10.5. The highest BCUT2D eigenvalue weighted by atomic mass is 16.3. The number of hydrogen-bond acceptors (Lipinski definition) is 4. The molecule has 0 aliphatic heterocycles. The van der Waals surface area contributed by atoms with E-state index in [4.69, 9.17) is 4.42 Å². The molecule has 0 aromatic carbocycles. The van der Waals surface area contributed by atoms with Gasteiger partial charge in [-0.1, -0.05) is 0 Å². The van der Waals surface area contributed by atoms with E-state index in [-0.39, 0.29) is 0 Å². The zero-order valence-electron chi connectivity index (χ0n) is 5.64. The Balaban J connectivity index is 2.46. The average Bonchev–Trinajstić information content (AvgIpc) is 2.58. The van der Waals surface area contributed by atoms with E-state index >= 15 is 0 Å². The topological polar surface area (TPSA) is 51.8 Å². The van der Waals surface area contributed by atoms with Crippen LogP contribution in [0.1, 0.15) is 0 Å². The number of rotatable bonds is 1. The van der Waals surface area contributed by atoms with Crippen molar-refractivity contribution in [3.05, 3.63) is 31.1 Å². The predicted molar refractivity (Wildman–Crippen MR) is 37.5 cm³/mol. The summed E-state index contributed by atoms with van der Waals surface area (Å²) >= 11 is 0. The van der Waals surface area contributed by atoms with Crippen molar-refractivity contribution >= 4 is 0 Å². The number of oxazole rings is 1. The van der Waals surface area contributed by atoms with Crippen LogP contribution in [0, 0.1) is 0 Å². The van der Waals surface area contributed by atoms with Crippen LogP contribution in [0.5, 0.6) is 0 Å². The van der Waals surface area contributed by atoms with Crippen LogP contribution in [0.15, 0.2) is 35.5 Å². The fraction of sp³-hybridized carbons (Fsp3) is 0. The Hall–Kier alpha value is -1.71. The molecule has 2 aromatic heterocycles. The fourth-order valence-electron chi connectivity index (χ4n) is 0.753.